The highest BCUT2D eigenvalue weighted by molar-refractivity contribution is 6.36. The molecule has 0 saturated heterocycles. The summed E-state index contributed by atoms with van der Waals surface area (Å²) in [4.78, 5) is 20.3. The third kappa shape index (κ3) is 2.11. The lowest BCUT2D eigenvalue weighted by molar-refractivity contribution is -0.384. The Labute approximate surface area is 84.1 Å². The number of nitrogens with zero attached hydrogens (tertiary/aromatic N) is 2. The standard InChI is InChI=1S/C7H6ClN3O3/c8-10(7(9)12)5-1-3-6(4-2-5)11(13)14/h1-4H,(H2,9,12). The largest absolute Gasteiger partial charge is 0.350 e. The molecule has 0 aliphatic carbocycles. The molecular formula is C7H6ClN3O3. The van der Waals surface area contributed by atoms with Crippen LogP contribution < -0.4 is 10.2 Å². The quantitative estimate of drug-likeness (QED) is 0.462. The van der Waals surface area contributed by atoms with Gasteiger partial charge in [-0.05, 0) is 12.1 Å². The minimum Gasteiger partial charge on any atom is -0.350 e. The Bertz CT molecular complexity index is 365. The van der Waals surface area contributed by atoms with E-state index in [2.05, 4.69) is 0 Å². The van der Waals surface area contributed by atoms with Crippen molar-refractivity contribution >= 4 is 29.2 Å². The number of carbonyl (C=O) groups is 1. The van der Waals surface area contributed by atoms with Crippen LogP contribution in [0.15, 0.2) is 24.3 Å². The monoisotopic (exact) mass is 215 g/mol. The summed E-state index contributed by atoms with van der Waals surface area (Å²) in [5.41, 5.74) is 5.09. The van der Waals surface area contributed by atoms with Crippen LogP contribution >= 0.6 is 11.8 Å². The van der Waals surface area contributed by atoms with Gasteiger partial charge < -0.3 is 5.73 Å². The Balaban J connectivity index is 2.94. The van der Waals surface area contributed by atoms with Crippen molar-refractivity contribution in [3.8, 4) is 0 Å². The highest BCUT2D eigenvalue weighted by Crippen LogP contribution is 2.20. The first-order valence-corrected chi connectivity index (χ1v) is 3.86. The summed E-state index contributed by atoms with van der Waals surface area (Å²) >= 11 is 5.46. The molecule has 0 aliphatic heterocycles. The van der Waals surface area contributed by atoms with Crippen molar-refractivity contribution in [3.63, 3.8) is 0 Å². The number of urea groups is 1. The average molecular weight is 216 g/mol. The zero-order valence-electron chi connectivity index (χ0n) is 6.88. The van der Waals surface area contributed by atoms with Gasteiger partial charge in [0.25, 0.3) is 5.69 Å². The molecule has 0 heterocycles. The molecule has 0 atom stereocenters. The van der Waals surface area contributed by atoms with Gasteiger partial charge in [-0.15, -0.1) is 0 Å². The van der Waals surface area contributed by atoms with Crippen LogP contribution in [0.5, 0.6) is 0 Å². The third-order valence-electron chi connectivity index (χ3n) is 1.48. The molecule has 14 heavy (non-hydrogen) atoms. The predicted molar refractivity (Wildman–Crippen MR) is 51.0 cm³/mol. The fourth-order valence-electron chi connectivity index (χ4n) is 0.832. The number of non-ortho nitro benzene ring substituents is 1. The first-order valence-electron chi connectivity index (χ1n) is 3.52. The van der Waals surface area contributed by atoms with Gasteiger partial charge in [-0.2, -0.15) is 0 Å². The maximum atomic E-state index is 10.6. The number of hydrogen-bond acceptors (Lipinski definition) is 3. The molecular weight excluding hydrogens is 210 g/mol. The number of rotatable bonds is 2. The van der Waals surface area contributed by atoms with Crippen LogP contribution in [-0.2, 0) is 0 Å². The Morgan fingerprint density at radius 1 is 1.43 bits per heavy atom. The minimum atomic E-state index is -0.847. The van der Waals surface area contributed by atoms with Gasteiger partial charge in [0.2, 0.25) is 0 Å². The number of nitrogens with two attached hydrogens (primary N) is 1. The smallest absolute Gasteiger partial charge is 0.334 e. The zero-order valence-corrected chi connectivity index (χ0v) is 7.64. The molecule has 0 fully saturated rings. The van der Waals surface area contributed by atoms with Crippen molar-refractivity contribution < 1.29 is 9.72 Å². The number of hydrogen-bond donors (Lipinski definition) is 1. The van der Waals surface area contributed by atoms with Crippen LogP contribution in [0, 0.1) is 10.1 Å². The fraction of sp³-hybridized carbons (Fsp3) is 0. The van der Waals surface area contributed by atoms with Crippen LogP contribution in [0.1, 0.15) is 0 Å². The van der Waals surface area contributed by atoms with E-state index in [1.807, 2.05) is 0 Å². The number of primary amides is 1. The van der Waals surface area contributed by atoms with Gasteiger partial charge in [0, 0.05) is 23.9 Å². The van der Waals surface area contributed by atoms with Crippen LogP contribution in [0.25, 0.3) is 0 Å². The molecule has 74 valence electrons. The van der Waals surface area contributed by atoms with Gasteiger partial charge in [-0.25, -0.2) is 9.21 Å². The van der Waals surface area contributed by atoms with Crippen molar-refractivity contribution in [1.82, 2.24) is 0 Å². The van der Waals surface area contributed by atoms with Crippen LogP contribution in [0.3, 0.4) is 0 Å². The minimum absolute atomic E-state index is 0.0803. The maximum absolute atomic E-state index is 10.6. The lowest BCUT2D eigenvalue weighted by Gasteiger charge is -2.09. The van der Waals surface area contributed by atoms with E-state index in [1.165, 1.54) is 24.3 Å². The molecule has 1 aromatic carbocycles. The van der Waals surface area contributed by atoms with Gasteiger partial charge >= 0.3 is 6.03 Å². The second kappa shape index (κ2) is 3.93. The zero-order chi connectivity index (χ0) is 10.7. The number of halogens is 1. The Kier molecular flexibility index (Phi) is 2.88. The normalized spacial score (nSPS) is 9.50. The molecule has 1 rings (SSSR count). The number of anilines is 1. The molecule has 0 saturated carbocycles. The van der Waals surface area contributed by atoms with Crippen LogP contribution in [-0.4, -0.2) is 11.0 Å². The topological polar surface area (TPSA) is 89.5 Å². The van der Waals surface area contributed by atoms with E-state index in [4.69, 9.17) is 17.5 Å². The van der Waals surface area contributed by atoms with Crippen LogP contribution in [0.4, 0.5) is 16.2 Å². The molecule has 0 bridgehead atoms. The first kappa shape index (κ1) is 10.3. The first-order chi connectivity index (χ1) is 6.52. The molecule has 0 aliphatic rings. The summed E-state index contributed by atoms with van der Waals surface area (Å²) in [5.74, 6) is 0. The summed E-state index contributed by atoms with van der Waals surface area (Å²) < 4.78 is 0.670. The number of nitro benzene ring substituents is 1. The second-order valence-corrected chi connectivity index (χ2v) is 2.73. The molecule has 6 nitrogen and oxygen atoms in total. The van der Waals surface area contributed by atoms with E-state index >= 15 is 0 Å². The van der Waals surface area contributed by atoms with Crippen molar-refractivity contribution in [2.45, 2.75) is 0 Å². The van der Waals surface area contributed by atoms with Crippen molar-refractivity contribution in [3.05, 3.63) is 34.4 Å². The van der Waals surface area contributed by atoms with E-state index in [0.717, 1.165) is 0 Å². The van der Waals surface area contributed by atoms with Crippen molar-refractivity contribution in [1.29, 1.82) is 0 Å². The molecule has 2 N–H and O–H groups in total. The van der Waals surface area contributed by atoms with Gasteiger partial charge in [-0.3, -0.25) is 10.1 Å². The summed E-state index contributed by atoms with van der Waals surface area (Å²) in [6, 6.07) is 4.27. The molecule has 2 amide bonds. The van der Waals surface area contributed by atoms with Gasteiger partial charge in [-0.1, -0.05) is 0 Å². The van der Waals surface area contributed by atoms with Crippen LogP contribution in [0.2, 0.25) is 0 Å². The summed E-state index contributed by atoms with van der Waals surface area (Å²) in [7, 11) is 0. The van der Waals surface area contributed by atoms with E-state index in [-0.39, 0.29) is 11.4 Å². The predicted octanol–water partition coefficient (Wildman–Crippen LogP) is 1.63. The molecule has 0 unspecified atom stereocenters. The lowest BCUT2D eigenvalue weighted by atomic mass is 10.3. The Morgan fingerprint density at radius 3 is 2.29 bits per heavy atom. The molecule has 1 aromatic rings. The van der Waals surface area contributed by atoms with Gasteiger partial charge in [0.05, 0.1) is 10.6 Å². The van der Waals surface area contributed by atoms with Gasteiger partial charge in [0.15, 0.2) is 0 Å². The Hall–Kier alpha value is -1.82. The summed E-state index contributed by atoms with van der Waals surface area (Å²) in [5, 5.41) is 10.3. The SMILES string of the molecule is NC(=O)N(Cl)c1ccc([N+](=O)[O-])cc1. The number of amides is 2. The highest BCUT2D eigenvalue weighted by atomic mass is 35.5. The maximum Gasteiger partial charge on any atom is 0.334 e. The molecule has 0 radical (unpaired) electrons. The number of carbonyl (C=O) groups excluding carboxylic acids is 1. The van der Waals surface area contributed by atoms with Crippen molar-refractivity contribution in [2.75, 3.05) is 4.42 Å². The average Bonchev–Trinajstić information content (AvgIpc) is 2.16. The van der Waals surface area contributed by atoms with E-state index in [0.29, 0.717) is 4.42 Å². The summed E-state index contributed by atoms with van der Waals surface area (Å²) in [6.45, 7) is 0. The van der Waals surface area contributed by atoms with E-state index < -0.39 is 11.0 Å². The van der Waals surface area contributed by atoms with E-state index in [1.54, 1.807) is 0 Å². The molecule has 0 spiro atoms. The lowest BCUT2D eigenvalue weighted by Crippen LogP contribution is -2.26. The summed E-state index contributed by atoms with van der Waals surface area (Å²) in [6.07, 6.45) is 0. The number of benzene rings is 1. The van der Waals surface area contributed by atoms with E-state index in [9.17, 15) is 14.9 Å². The highest BCUT2D eigenvalue weighted by Gasteiger charge is 2.11. The molecule has 7 heteroatoms. The fourth-order valence-corrected chi connectivity index (χ4v) is 0.945. The van der Waals surface area contributed by atoms with Crippen molar-refractivity contribution in [2.24, 2.45) is 5.73 Å². The third-order valence-corrected chi connectivity index (χ3v) is 1.84. The van der Waals surface area contributed by atoms with Gasteiger partial charge in [0.1, 0.15) is 0 Å². The number of nitro groups is 1. The molecule has 0 aromatic heterocycles. The Morgan fingerprint density at radius 2 is 1.93 bits per heavy atom. The second-order valence-electron chi connectivity index (χ2n) is 2.39.